The minimum Gasteiger partial charge on any atom is -1.00 e. The molecule has 13 heavy (non-hydrogen) atoms. The fourth-order valence-electron chi connectivity index (χ4n) is 0.675. The standard InChI is InChI=1S/C6H4Cl2O3S.Ba.2H/c7-4-1-2-5(8)6(3-4)12(9,10)11;;;/h1-3H,(H,9,10,11);;;/q;+2;2*-1. The van der Waals surface area contributed by atoms with Crippen LogP contribution in [0.4, 0.5) is 0 Å². The summed E-state index contributed by atoms with van der Waals surface area (Å²) in [5, 5.41) is 0.147. The van der Waals surface area contributed by atoms with E-state index in [9.17, 15) is 8.42 Å². The van der Waals surface area contributed by atoms with Crippen molar-refractivity contribution in [2.24, 2.45) is 0 Å². The monoisotopic (exact) mass is 366 g/mol. The number of benzene rings is 1. The first-order chi connectivity index (χ1) is 5.41. The first-order valence-electron chi connectivity index (χ1n) is 2.84. The van der Waals surface area contributed by atoms with Crippen molar-refractivity contribution >= 4 is 82.2 Å². The van der Waals surface area contributed by atoms with Gasteiger partial charge in [0, 0.05) is 5.02 Å². The maximum atomic E-state index is 10.6. The third-order valence-corrected chi connectivity index (χ3v) is 2.74. The molecule has 0 saturated carbocycles. The van der Waals surface area contributed by atoms with E-state index in [0.29, 0.717) is 0 Å². The van der Waals surface area contributed by atoms with Gasteiger partial charge in [-0.25, -0.2) is 0 Å². The second-order valence-corrected chi connectivity index (χ2v) is 4.28. The zero-order chi connectivity index (χ0) is 9.35. The van der Waals surface area contributed by atoms with Crippen molar-refractivity contribution in [3.63, 3.8) is 0 Å². The summed E-state index contributed by atoms with van der Waals surface area (Å²) in [5.74, 6) is 0. The van der Waals surface area contributed by atoms with Crippen LogP contribution in [0.2, 0.25) is 10.0 Å². The Kier molecular flexibility index (Phi) is 5.92. The molecule has 0 bridgehead atoms. The molecule has 0 aliphatic carbocycles. The van der Waals surface area contributed by atoms with E-state index in [0.717, 1.165) is 6.07 Å². The Bertz CT molecular complexity index is 413. The van der Waals surface area contributed by atoms with Crippen molar-refractivity contribution in [2.45, 2.75) is 4.90 Å². The molecule has 70 valence electrons. The summed E-state index contributed by atoms with van der Waals surface area (Å²) in [4.78, 5) is -0.378. The molecule has 0 saturated heterocycles. The first-order valence-corrected chi connectivity index (χ1v) is 5.03. The van der Waals surface area contributed by atoms with E-state index in [2.05, 4.69) is 0 Å². The maximum Gasteiger partial charge on any atom is 2.00 e. The summed E-state index contributed by atoms with van der Waals surface area (Å²) in [6.45, 7) is 0. The minimum absolute atomic E-state index is 0. The van der Waals surface area contributed by atoms with Crippen LogP contribution in [0.3, 0.4) is 0 Å². The van der Waals surface area contributed by atoms with Crippen LogP contribution in [0.15, 0.2) is 23.1 Å². The van der Waals surface area contributed by atoms with Gasteiger partial charge in [-0.3, -0.25) is 4.55 Å². The van der Waals surface area contributed by atoms with Gasteiger partial charge >= 0.3 is 48.9 Å². The molecule has 3 nitrogen and oxygen atoms in total. The quantitative estimate of drug-likeness (QED) is 0.612. The number of hydrogen-bond acceptors (Lipinski definition) is 2. The van der Waals surface area contributed by atoms with Gasteiger partial charge in [0.15, 0.2) is 0 Å². The van der Waals surface area contributed by atoms with E-state index >= 15 is 0 Å². The largest absolute Gasteiger partial charge is 2.00 e. The van der Waals surface area contributed by atoms with Crippen LogP contribution in [-0.4, -0.2) is 61.9 Å². The maximum absolute atomic E-state index is 10.6. The molecule has 1 N–H and O–H groups in total. The summed E-state index contributed by atoms with van der Waals surface area (Å²) in [6, 6.07) is 3.81. The molecule has 1 aromatic rings. The normalized spacial score (nSPS) is 10.7. The summed E-state index contributed by atoms with van der Waals surface area (Å²) in [7, 11) is -4.27. The van der Waals surface area contributed by atoms with Gasteiger partial charge < -0.3 is 2.85 Å². The molecule has 0 heterocycles. The van der Waals surface area contributed by atoms with E-state index in [-0.39, 0.29) is 66.7 Å². The average Bonchev–Trinajstić information content (AvgIpc) is 1.92. The van der Waals surface area contributed by atoms with Gasteiger partial charge in [-0.1, -0.05) is 23.2 Å². The molecule has 0 aliphatic rings. The zero-order valence-corrected chi connectivity index (χ0v) is 13.1. The summed E-state index contributed by atoms with van der Waals surface area (Å²) in [6.07, 6.45) is 0. The number of rotatable bonds is 1. The zero-order valence-electron chi connectivity index (χ0n) is 8.37. The van der Waals surface area contributed by atoms with Gasteiger partial charge in [0.25, 0.3) is 10.1 Å². The summed E-state index contributed by atoms with van der Waals surface area (Å²) in [5.41, 5.74) is 0. The van der Waals surface area contributed by atoms with E-state index in [4.69, 9.17) is 27.8 Å². The third kappa shape index (κ3) is 4.11. The van der Waals surface area contributed by atoms with Gasteiger partial charge in [-0.15, -0.1) is 0 Å². The SMILES string of the molecule is O=S(=O)(O)c1cc(Cl)ccc1Cl.[Ba+2].[H-].[H-]. The summed E-state index contributed by atoms with van der Waals surface area (Å²) >= 11 is 11.0. The molecule has 1 rings (SSSR count). The summed E-state index contributed by atoms with van der Waals surface area (Å²) < 4.78 is 29.9. The van der Waals surface area contributed by atoms with Gasteiger partial charge in [0.05, 0.1) is 5.02 Å². The first kappa shape index (κ1) is 14.3. The van der Waals surface area contributed by atoms with Gasteiger partial charge in [0.2, 0.25) is 0 Å². The molecule has 1 aromatic carbocycles. The predicted molar refractivity (Wildman–Crippen MR) is 54.3 cm³/mol. The Morgan fingerprint density at radius 3 is 2.23 bits per heavy atom. The van der Waals surface area contributed by atoms with E-state index in [1.807, 2.05) is 0 Å². The van der Waals surface area contributed by atoms with Crippen molar-refractivity contribution in [3.05, 3.63) is 28.2 Å². The van der Waals surface area contributed by atoms with Crippen molar-refractivity contribution in [1.29, 1.82) is 0 Å². The predicted octanol–water partition coefficient (Wildman–Crippen LogP) is 2.08. The molecule has 0 unspecified atom stereocenters. The fraction of sp³-hybridized carbons (Fsp3) is 0. The molecule has 0 aliphatic heterocycles. The van der Waals surface area contributed by atoms with Crippen LogP contribution in [0, 0.1) is 0 Å². The van der Waals surface area contributed by atoms with E-state index in [1.54, 1.807) is 0 Å². The molecule has 0 aromatic heterocycles. The molecule has 0 spiro atoms. The second kappa shape index (κ2) is 5.39. The molecular weight excluding hydrogens is 360 g/mol. The number of halogens is 2. The Labute approximate surface area is 129 Å². The van der Waals surface area contributed by atoms with Gasteiger partial charge in [0.1, 0.15) is 4.90 Å². The fourth-order valence-corrected chi connectivity index (χ4v) is 1.91. The molecule has 0 atom stereocenters. The molecule has 0 radical (unpaired) electrons. The molecule has 0 amide bonds. The van der Waals surface area contributed by atoms with Crippen molar-refractivity contribution in [3.8, 4) is 0 Å². The van der Waals surface area contributed by atoms with Crippen LogP contribution in [0.1, 0.15) is 2.85 Å². The molecular formula is C6H6BaCl2O3S. The van der Waals surface area contributed by atoms with E-state index in [1.165, 1.54) is 12.1 Å². The third-order valence-electron chi connectivity index (χ3n) is 1.17. The van der Waals surface area contributed by atoms with E-state index < -0.39 is 10.1 Å². The Morgan fingerprint density at radius 2 is 1.85 bits per heavy atom. The van der Waals surface area contributed by atoms with Crippen LogP contribution in [-0.2, 0) is 10.1 Å². The van der Waals surface area contributed by atoms with Crippen LogP contribution in [0.5, 0.6) is 0 Å². The average molecular weight is 366 g/mol. The van der Waals surface area contributed by atoms with Gasteiger partial charge in [-0.2, -0.15) is 8.42 Å². The minimum atomic E-state index is -4.27. The molecule has 7 heteroatoms. The smallest absolute Gasteiger partial charge is 1.00 e. The molecule has 0 fully saturated rings. The Balaban J connectivity index is -0.000000480. The van der Waals surface area contributed by atoms with Crippen LogP contribution >= 0.6 is 23.2 Å². The van der Waals surface area contributed by atoms with Gasteiger partial charge in [-0.05, 0) is 18.2 Å². The van der Waals surface area contributed by atoms with Crippen molar-refractivity contribution < 1.29 is 15.8 Å². The topological polar surface area (TPSA) is 54.4 Å². The van der Waals surface area contributed by atoms with Crippen LogP contribution < -0.4 is 0 Å². The van der Waals surface area contributed by atoms with Crippen LogP contribution in [0.25, 0.3) is 0 Å². The van der Waals surface area contributed by atoms with Crippen molar-refractivity contribution in [2.75, 3.05) is 0 Å². The Hall–Kier alpha value is 1.28. The Morgan fingerprint density at radius 1 is 1.31 bits per heavy atom. The number of hydrogen-bond donors (Lipinski definition) is 1. The second-order valence-electron chi connectivity index (χ2n) is 2.05. The van der Waals surface area contributed by atoms with Crippen molar-refractivity contribution in [1.82, 2.24) is 0 Å².